The molecule has 0 bridgehead atoms. The van der Waals surface area contributed by atoms with E-state index in [-0.39, 0.29) is 18.4 Å². The fourth-order valence-corrected chi connectivity index (χ4v) is 3.22. The molecule has 1 saturated heterocycles. The first-order valence-corrected chi connectivity index (χ1v) is 9.26. The second kappa shape index (κ2) is 10.1. The normalized spacial score (nSPS) is 21.0. The van der Waals surface area contributed by atoms with Crippen molar-refractivity contribution >= 4 is 18.0 Å². The maximum absolute atomic E-state index is 13.3. The summed E-state index contributed by atoms with van der Waals surface area (Å²) in [6.45, 7) is 12.6. The van der Waals surface area contributed by atoms with Crippen LogP contribution in [-0.4, -0.2) is 53.7 Å². The number of hydrogen-bond donors (Lipinski definition) is 1. The van der Waals surface area contributed by atoms with Gasteiger partial charge in [0, 0.05) is 6.04 Å². The minimum atomic E-state index is -0.866. The number of esters is 1. The molecule has 1 N–H and O–H groups in total. The lowest BCUT2D eigenvalue weighted by atomic mass is 9.92. The molecule has 2 amide bonds. The number of methoxy groups -OCH3 is 1. The van der Waals surface area contributed by atoms with E-state index in [1.165, 1.54) is 7.11 Å². The van der Waals surface area contributed by atoms with Crippen LogP contribution < -0.4 is 5.32 Å². The Morgan fingerprint density at radius 3 is 2.41 bits per heavy atom. The molecule has 1 aliphatic rings. The Balaban J connectivity index is 3.08. The summed E-state index contributed by atoms with van der Waals surface area (Å²) in [4.78, 5) is 39.2. The zero-order chi connectivity index (χ0) is 20.6. The lowest BCUT2D eigenvalue weighted by Crippen LogP contribution is -2.59. The summed E-state index contributed by atoms with van der Waals surface area (Å²) >= 11 is 0. The summed E-state index contributed by atoms with van der Waals surface area (Å²) in [6.07, 6.45) is 5.49. The van der Waals surface area contributed by atoms with Crippen molar-refractivity contribution in [1.29, 1.82) is 0 Å². The van der Waals surface area contributed by atoms with Gasteiger partial charge in [-0.1, -0.05) is 12.2 Å². The van der Waals surface area contributed by atoms with Crippen molar-refractivity contribution in [3.8, 4) is 0 Å². The highest BCUT2D eigenvalue weighted by Gasteiger charge is 2.41. The predicted molar refractivity (Wildman–Crippen MR) is 103 cm³/mol. The molecule has 1 rings (SSSR count). The lowest BCUT2D eigenvalue weighted by molar-refractivity contribution is -0.158. The van der Waals surface area contributed by atoms with Crippen LogP contribution in [0.5, 0.6) is 0 Å². The van der Waals surface area contributed by atoms with Crippen molar-refractivity contribution in [2.75, 3.05) is 7.11 Å². The Morgan fingerprint density at radius 1 is 1.22 bits per heavy atom. The van der Waals surface area contributed by atoms with Crippen molar-refractivity contribution in [2.24, 2.45) is 0 Å². The number of hydrogen-bond acceptors (Lipinski definition) is 5. The Kier molecular flexibility index (Phi) is 8.53. The number of piperidine rings is 1. The molecule has 0 spiro atoms. The molecular formula is C20H32N2O5. The number of rotatable bonds is 7. The fourth-order valence-electron chi connectivity index (χ4n) is 3.22. The van der Waals surface area contributed by atoms with Crippen molar-refractivity contribution in [3.05, 3.63) is 25.3 Å². The van der Waals surface area contributed by atoms with E-state index in [9.17, 15) is 14.4 Å². The number of likely N-dealkylation sites (tertiary alicyclic amines) is 1. The first kappa shape index (κ1) is 22.7. The van der Waals surface area contributed by atoms with E-state index < -0.39 is 29.7 Å². The Bertz CT molecular complexity index is 567. The van der Waals surface area contributed by atoms with E-state index in [4.69, 9.17) is 9.47 Å². The van der Waals surface area contributed by atoms with E-state index in [1.807, 2.05) is 0 Å². The topological polar surface area (TPSA) is 84.9 Å². The van der Waals surface area contributed by atoms with Gasteiger partial charge < -0.3 is 19.7 Å². The van der Waals surface area contributed by atoms with Crippen LogP contribution in [0.1, 0.15) is 52.9 Å². The molecule has 3 atom stereocenters. The fraction of sp³-hybridized carbons (Fsp3) is 0.650. The highest BCUT2D eigenvalue weighted by atomic mass is 16.6. The summed E-state index contributed by atoms with van der Waals surface area (Å²) in [5.74, 6) is -0.797. The van der Waals surface area contributed by atoms with Crippen molar-refractivity contribution < 1.29 is 23.9 Å². The smallest absolute Gasteiger partial charge is 0.408 e. The average molecular weight is 380 g/mol. The van der Waals surface area contributed by atoms with E-state index >= 15 is 0 Å². The molecule has 0 aliphatic carbocycles. The van der Waals surface area contributed by atoms with Crippen molar-refractivity contribution in [2.45, 2.75) is 76.6 Å². The van der Waals surface area contributed by atoms with Crippen LogP contribution in [0.15, 0.2) is 25.3 Å². The molecule has 1 unspecified atom stereocenters. The number of amides is 2. The van der Waals surface area contributed by atoms with Crippen LogP contribution in [0.4, 0.5) is 4.79 Å². The second-order valence-corrected chi connectivity index (χ2v) is 7.62. The van der Waals surface area contributed by atoms with Crippen LogP contribution in [0.3, 0.4) is 0 Å². The van der Waals surface area contributed by atoms with E-state index in [0.717, 1.165) is 12.8 Å². The second-order valence-electron chi connectivity index (χ2n) is 7.62. The van der Waals surface area contributed by atoms with Crippen LogP contribution in [0, 0.1) is 0 Å². The standard InChI is InChI=1S/C20H32N2O5/c1-7-10-14-12-9-13-16(18(24)26-6)22(14)17(23)15(11-8-2)21-19(25)27-20(3,4)5/h7-8,14-16H,1-2,9-13H2,3-6H3,(H,21,25)/t14?,15-,16-/m0/s1. The minimum Gasteiger partial charge on any atom is -0.467 e. The number of nitrogens with one attached hydrogen (secondary N) is 1. The van der Waals surface area contributed by atoms with Crippen LogP contribution in [0.2, 0.25) is 0 Å². The molecule has 1 aliphatic heterocycles. The molecule has 7 heteroatoms. The number of carbonyl (C=O) groups excluding carboxylic acids is 3. The molecule has 0 saturated carbocycles. The Labute approximate surface area is 161 Å². The first-order valence-electron chi connectivity index (χ1n) is 9.26. The average Bonchev–Trinajstić information content (AvgIpc) is 2.58. The van der Waals surface area contributed by atoms with Crippen molar-refractivity contribution in [3.63, 3.8) is 0 Å². The SMILES string of the molecule is C=CCC1CCC[C@@H](C(=O)OC)N1C(=O)[C@H](CC=C)NC(=O)OC(C)(C)C. The quantitative estimate of drug-likeness (QED) is 0.542. The maximum atomic E-state index is 13.3. The molecule has 1 heterocycles. The van der Waals surface area contributed by atoms with Gasteiger partial charge in [0.1, 0.15) is 17.7 Å². The number of ether oxygens (including phenoxy) is 2. The molecule has 0 radical (unpaired) electrons. The van der Waals surface area contributed by atoms with Gasteiger partial charge in [-0.3, -0.25) is 4.79 Å². The third-order valence-electron chi connectivity index (χ3n) is 4.30. The highest BCUT2D eigenvalue weighted by molar-refractivity contribution is 5.90. The van der Waals surface area contributed by atoms with Crippen molar-refractivity contribution in [1.82, 2.24) is 10.2 Å². The molecule has 7 nitrogen and oxygen atoms in total. The van der Waals surface area contributed by atoms with Crippen LogP contribution in [0.25, 0.3) is 0 Å². The van der Waals surface area contributed by atoms with Gasteiger partial charge in [0.15, 0.2) is 0 Å². The molecule has 0 aromatic rings. The van der Waals surface area contributed by atoms with E-state index in [0.29, 0.717) is 12.8 Å². The molecule has 0 aromatic heterocycles. The molecule has 1 fully saturated rings. The first-order chi connectivity index (χ1) is 12.6. The van der Waals surface area contributed by atoms with Crippen LogP contribution in [-0.2, 0) is 19.1 Å². The zero-order valence-electron chi connectivity index (χ0n) is 16.8. The third kappa shape index (κ3) is 6.73. The summed E-state index contributed by atoms with van der Waals surface area (Å²) in [5.41, 5.74) is -0.684. The van der Waals surface area contributed by atoms with Gasteiger partial charge in [0.05, 0.1) is 7.11 Å². The highest BCUT2D eigenvalue weighted by Crippen LogP contribution is 2.27. The summed E-state index contributed by atoms with van der Waals surface area (Å²) in [6, 6.07) is -1.70. The molecule has 0 aromatic carbocycles. The van der Waals surface area contributed by atoms with Gasteiger partial charge in [-0.15, -0.1) is 13.2 Å². The molecule has 152 valence electrons. The monoisotopic (exact) mass is 380 g/mol. The number of alkyl carbamates (subject to hydrolysis) is 1. The lowest BCUT2D eigenvalue weighted by Gasteiger charge is -2.42. The maximum Gasteiger partial charge on any atom is 0.408 e. The summed E-state index contributed by atoms with van der Waals surface area (Å²) < 4.78 is 10.2. The van der Waals surface area contributed by atoms with E-state index in [1.54, 1.807) is 37.8 Å². The summed E-state index contributed by atoms with van der Waals surface area (Å²) in [7, 11) is 1.31. The minimum absolute atomic E-state index is 0.166. The van der Waals surface area contributed by atoms with Crippen LogP contribution >= 0.6 is 0 Å². The van der Waals surface area contributed by atoms with Gasteiger partial charge in [-0.05, 0) is 52.9 Å². The van der Waals surface area contributed by atoms with Gasteiger partial charge >= 0.3 is 12.1 Å². The number of nitrogens with zero attached hydrogens (tertiary/aromatic N) is 1. The molecular weight excluding hydrogens is 348 g/mol. The number of carbonyl (C=O) groups is 3. The summed E-state index contributed by atoms with van der Waals surface area (Å²) in [5, 5.41) is 2.61. The van der Waals surface area contributed by atoms with Gasteiger partial charge in [-0.2, -0.15) is 0 Å². The third-order valence-corrected chi connectivity index (χ3v) is 4.30. The van der Waals surface area contributed by atoms with Gasteiger partial charge in [0.2, 0.25) is 5.91 Å². The zero-order valence-corrected chi connectivity index (χ0v) is 16.8. The predicted octanol–water partition coefficient (Wildman–Crippen LogP) is 2.95. The Hall–Kier alpha value is -2.31. The molecule has 27 heavy (non-hydrogen) atoms. The van der Waals surface area contributed by atoms with E-state index in [2.05, 4.69) is 18.5 Å². The Morgan fingerprint density at radius 2 is 1.89 bits per heavy atom. The van der Waals surface area contributed by atoms with Gasteiger partial charge in [0.25, 0.3) is 0 Å². The van der Waals surface area contributed by atoms with Gasteiger partial charge in [-0.25, -0.2) is 9.59 Å². The largest absolute Gasteiger partial charge is 0.467 e.